The van der Waals surface area contributed by atoms with E-state index in [1.807, 2.05) is 0 Å². The van der Waals surface area contributed by atoms with E-state index >= 15 is 0 Å². The Kier molecular flexibility index (Phi) is 3.00. The fourth-order valence-electron chi connectivity index (χ4n) is 1.73. The van der Waals surface area contributed by atoms with Crippen LogP contribution in [0.15, 0.2) is 47.1 Å². The minimum absolute atomic E-state index is 0.0266. The Morgan fingerprint density at radius 1 is 1.25 bits per heavy atom. The van der Waals surface area contributed by atoms with Gasteiger partial charge in [0, 0.05) is 5.56 Å². The number of hydrogen-bond donors (Lipinski definition) is 1. The monoisotopic (exact) mass is 288 g/mol. The summed E-state index contributed by atoms with van der Waals surface area (Å²) in [6.07, 6.45) is 1.40. The highest BCUT2D eigenvalue weighted by Crippen LogP contribution is 2.25. The fourth-order valence-corrected chi connectivity index (χ4v) is 1.96. The highest BCUT2D eigenvalue weighted by molar-refractivity contribution is 6.33. The Labute approximate surface area is 118 Å². The molecule has 0 aliphatic rings. The highest BCUT2D eigenvalue weighted by Gasteiger charge is 2.19. The first-order chi connectivity index (χ1) is 9.66. The van der Waals surface area contributed by atoms with E-state index in [2.05, 4.69) is 10.1 Å². The maximum atomic E-state index is 12.1. The third-order valence-corrected chi connectivity index (χ3v) is 3.00. The Morgan fingerprint density at radius 2 is 2.05 bits per heavy atom. The number of rotatable bonds is 2. The van der Waals surface area contributed by atoms with Crippen molar-refractivity contribution in [1.82, 2.24) is 14.8 Å². The van der Waals surface area contributed by atoms with Crippen LogP contribution >= 0.6 is 11.6 Å². The lowest BCUT2D eigenvalue weighted by Gasteiger charge is -1.98. The quantitative estimate of drug-likeness (QED) is 0.782. The van der Waals surface area contributed by atoms with E-state index in [0.29, 0.717) is 10.6 Å². The van der Waals surface area contributed by atoms with Crippen molar-refractivity contribution in [3.63, 3.8) is 0 Å². The number of nitrogens with zero attached hydrogens (tertiary/aromatic N) is 3. The largest absolute Gasteiger partial charge is 0.459 e. The molecule has 0 saturated carbocycles. The van der Waals surface area contributed by atoms with Gasteiger partial charge in [-0.3, -0.25) is 4.79 Å². The van der Waals surface area contributed by atoms with Gasteiger partial charge in [-0.2, -0.15) is 9.67 Å². The molecule has 3 rings (SSSR count). The maximum absolute atomic E-state index is 12.1. The summed E-state index contributed by atoms with van der Waals surface area (Å²) in [6, 6.07) is 10.2. The lowest BCUT2D eigenvalue weighted by molar-refractivity contribution is 0.0920. The molecule has 3 aromatic rings. The van der Waals surface area contributed by atoms with Crippen LogP contribution in [0, 0.1) is 0 Å². The highest BCUT2D eigenvalue weighted by atomic mass is 35.5. The van der Waals surface area contributed by atoms with E-state index in [1.165, 1.54) is 12.3 Å². The number of hydrogen-bond acceptors (Lipinski definition) is 5. The molecule has 2 N–H and O–H groups in total. The molecule has 0 unspecified atom stereocenters. The average molecular weight is 289 g/mol. The zero-order valence-electron chi connectivity index (χ0n) is 10.2. The zero-order chi connectivity index (χ0) is 14.1. The van der Waals surface area contributed by atoms with E-state index in [4.69, 9.17) is 21.8 Å². The standard InChI is InChI=1S/C13H9ClN4O2/c14-9-5-2-1-4-8(9)11-16-13(15)18(17-11)12(19)10-6-3-7-20-10/h1-7H,(H2,15,16,17). The molecule has 0 saturated heterocycles. The number of halogens is 1. The van der Waals surface area contributed by atoms with Crippen LogP contribution < -0.4 is 5.73 Å². The molecule has 0 fully saturated rings. The van der Waals surface area contributed by atoms with Crippen molar-refractivity contribution in [2.75, 3.05) is 5.73 Å². The number of benzene rings is 1. The predicted octanol–water partition coefficient (Wildman–Crippen LogP) is 2.46. The van der Waals surface area contributed by atoms with Crippen LogP contribution in [0.1, 0.15) is 10.6 Å². The number of furan rings is 1. The van der Waals surface area contributed by atoms with Gasteiger partial charge in [-0.25, -0.2) is 0 Å². The average Bonchev–Trinajstić information content (AvgIpc) is 3.08. The van der Waals surface area contributed by atoms with E-state index in [0.717, 1.165) is 4.68 Å². The second kappa shape index (κ2) is 4.82. The maximum Gasteiger partial charge on any atom is 0.317 e. The van der Waals surface area contributed by atoms with E-state index in [1.54, 1.807) is 30.3 Å². The number of nitrogens with two attached hydrogens (primary N) is 1. The summed E-state index contributed by atoms with van der Waals surface area (Å²) in [5.41, 5.74) is 6.32. The van der Waals surface area contributed by atoms with Crippen LogP contribution in [0.25, 0.3) is 11.4 Å². The molecule has 0 radical (unpaired) electrons. The summed E-state index contributed by atoms with van der Waals surface area (Å²) in [6.45, 7) is 0. The molecule has 0 aliphatic heterocycles. The van der Waals surface area contributed by atoms with Gasteiger partial charge in [0.15, 0.2) is 11.6 Å². The minimum Gasteiger partial charge on any atom is -0.459 e. The number of carbonyl (C=O) groups is 1. The molecule has 100 valence electrons. The van der Waals surface area contributed by atoms with Gasteiger partial charge >= 0.3 is 5.91 Å². The first-order valence-electron chi connectivity index (χ1n) is 5.72. The van der Waals surface area contributed by atoms with Crippen molar-refractivity contribution in [1.29, 1.82) is 0 Å². The molecule has 20 heavy (non-hydrogen) atoms. The second-order valence-corrected chi connectivity index (χ2v) is 4.37. The molecule has 0 bridgehead atoms. The molecule has 0 aliphatic carbocycles. The molecule has 0 atom stereocenters. The summed E-state index contributed by atoms with van der Waals surface area (Å²) in [5.74, 6) is -0.0973. The fraction of sp³-hybridized carbons (Fsp3) is 0. The van der Waals surface area contributed by atoms with Crippen LogP contribution in [0.3, 0.4) is 0 Å². The minimum atomic E-state index is -0.488. The smallest absolute Gasteiger partial charge is 0.317 e. The third kappa shape index (κ3) is 2.06. The number of aromatic nitrogens is 3. The molecule has 2 aromatic heterocycles. The van der Waals surface area contributed by atoms with Crippen LogP contribution in [-0.4, -0.2) is 20.7 Å². The molecule has 2 heterocycles. The molecule has 0 spiro atoms. The van der Waals surface area contributed by atoms with Gasteiger partial charge < -0.3 is 10.2 Å². The van der Waals surface area contributed by atoms with Crippen molar-refractivity contribution in [3.8, 4) is 11.4 Å². The zero-order valence-corrected chi connectivity index (χ0v) is 10.9. The Morgan fingerprint density at radius 3 is 2.75 bits per heavy atom. The van der Waals surface area contributed by atoms with Crippen LogP contribution in [0.4, 0.5) is 5.95 Å². The Hall–Kier alpha value is -2.60. The number of anilines is 1. The first kappa shape index (κ1) is 12.4. The number of carbonyl (C=O) groups excluding carboxylic acids is 1. The van der Waals surface area contributed by atoms with E-state index in [9.17, 15) is 4.79 Å². The topological polar surface area (TPSA) is 86.9 Å². The molecule has 0 amide bonds. The summed E-state index contributed by atoms with van der Waals surface area (Å²) < 4.78 is 6.01. The van der Waals surface area contributed by atoms with Crippen LogP contribution in [0.2, 0.25) is 5.02 Å². The van der Waals surface area contributed by atoms with Crippen molar-refractivity contribution < 1.29 is 9.21 Å². The summed E-state index contributed by atoms with van der Waals surface area (Å²) in [7, 11) is 0. The third-order valence-electron chi connectivity index (χ3n) is 2.67. The lowest BCUT2D eigenvalue weighted by Crippen LogP contribution is -2.15. The molecule has 7 heteroatoms. The predicted molar refractivity (Wildman–Crippen MR) is 73.3 cm³/mol. The van der Waals surface area contributed by atoms with Gasteiger partial charge in [0.25, 0.3) is 0 Å². The van der Waals surface area contributed by atoms with Crippen molar-refractivity contribution >= 4 is 23.5 Å². The molecular weight excluding hydrogens is 280 g/mol. The Bertz CT molecular complexity index is 765. The Balaban J connectivity index is 2.04. The van der Waals surface area contributed by atoms with Gasteiger partial charge in [-0.1, -0.05) is 23.7 Å². The van der Waals surface area contributed by atoms with Gasteiger partial charge in [-0.05, 0) is 24.3 Å². The van der Waals surface area contributed by atoms with Crippen molar-refractivity contribution in [2.24, 2.45) is 0 Å². The summed E-state index contributed by atoms with van der Waals surface area (Å²) in [4.78, 5) is 16.2. The summed E-state index contributed by atoms with van der Waals surface area (Å²) >= 11 is 6.07. The molecule has 6 nitrogen and oxygen atoms in total. The summed E-state index contributed by atoms with van der Waals surface area (Å²) in [5, 5.41) is 4.56. The van der Waals surface area contributed by atoms with Gasteiger partial charge in [0.2, 0.25) is 5.95 Å². The normalized spacial score (nSPS) is 10.7. The molecule has 1 aromatic carbocycles. The van der Waals surface area contributed by atoms with E-state index in [-0.39, 0.29) is 17.5 Å². The number of nitrogen functional groups attached to an aromatic ring is 1. The van der Waals surface area contributed by atoms with Crippen LogP contribution in [-0.2, 0) is 0 Å². The van der Waals surface area contributed by atoms with Crippen molar-refractivity contribution in [2.45, 2.75) is 0 Å². The SMILES string of the molecule is Nc1nc(-c2ccccc2Cl)nn1C(=O)c1ccco1. The second-order valence-electron chi connectivity index (χ2n) is 3.97. The van der Waals surface area contributed by atoms with Gasteiger partial charge in [0.05, 0.1) is 11.3 Å². The van der Waals surface area contributed by atoms with Gasteiger partial charge in [-0.15, -0.1) is 5.10 Å². The van der Waals surface area contributed by atoms with Crippen LogP contribution in [0.5, 0.6) is 0 Å². The first-order valence-corrected chi connectivity index (χ1v) is 6.10. The van der Waals surface area contributed by atoms with E-state index < -0.39 is 5.91 Å². The lowest BCUT2D eigenvalue weighted by atomic mass is 10.2. The molecular formula is C13H9ClN4O2. The van der Waals surface area contributed by atoms with Gasteiger partial charge in [0.1, 0.15) is 0 Å². The van der Waals surface area contributed by atoms with Crippen molar-refractivity contribution in [3.05, 3.63) is 53.4 Å².